The van der Waals surface area contributed by atoms with Gasteiger partial charge < -0.3 is 0 Å². The lowest BCUT2D eigenvalue weighted by Crippen LogP contribution is -1.83. The second kappa shape index (κ2) is 6.41. The fourth-order valence-corrected chi connectivity index (χ4v) is 3.60. The van der Waals surface area contributed by atoms with Crippen molar-refractivity contribution in [3.8, 4) is 0 Å². The zero-order valence-electron chi connectivity index (χ0n) is 12.3. The first-order valence-corrected chi connectivity index (χ1v) is 8.13. The quantitative estimate of drug-likeness (QED) is 0.495. The Morgan fingerprint density at radius 3 is 2.36 bits per heavy atom. The van der Waals surface area contributed by atoms with Gasteiger partial charge in [0, 0.05) is 9.58 Å². The summed E-state index contributed by atoms with van der Waals surface area (Å²) in [4.78, 5) is 1.40. The van der Waals surface area contributed by atoms with Gasteiger partial charge >= 0.3 is 0 Å². The predicted octanol–water partition coefficient (Wildman–Crippen LogP) is 6.30. The first kappa shape index (κ1) is 14.9. The van der Waals surface area contributed by atoms with E-state index in [1.165, 1.54) is 21.0 Å². The summed E-state index contributed by atoms with van der Waals surface area (Å²) in [6.07, 6.45) is 5.98. The van der Waals surface area contributed by atoms with E-state index in [4.69, 9.17) is 0 Å². The van der Waals surface area contributed by atoms with Crippen LogP contribution in [-0.4, -0.2) is 0 Å². The van der Waals surface area contributed by atoms with Crippen molar-refractivity contribution < 1.29 is 8.78 Å². The van der Waals surface area contributed by atoms with Crippen LogP contribution in [0.1, 0.15) is 29.3 Å². The molecule has 0 aliphatic carbocycles. The third-order valence-electron chi connectivity index (χ3n) is 3.50. The second-order valence-electron chi connectivity index (χ2n) is 5.27. The van der Waals surface area contributed by atoms with Crippen LogP contribution in [0.4, 0.5) is 8.78 Å². The van der Waals surface area contributed by atoms with Gasteiger partial charge in [0.2, 0.25) is 0 Å². The highest BCUT2D eigenvalue weighted by Gasteiger charge is 2.02. The second-order valence-corrected chi connectivity index (χ2v) is 6.44. The number of benzene rings is 2. The fourth-order valence-electron chi connectivity index (χ4n) is 2.38. The molecule has 0 N–H and O–H groups in total. The summed E-state index contributed by atoms with van der Waals surface area (Å²) >= 11 is 1.82. The number of aryl methyl sites for hydroxylation is 1. The van der Waals surface area contributed by atoms with Crippen LogP contribution in [0.15, 0.2) is 42.5 Å². The molecule has 0 amide bonds. The molecule has 3 heteroatoms. The highest BCUT2D eigenvalue weighted by molar-refractivity contribution is 7.19. The van der Waals surface area contributed by atoms with Gasteiger partial charge in [-0.1, -0.05) is 43.7 Å². The van der Waals surface area contributed by atoms with E-state index in [0.717, 1.165) is 24.5 Å². The van der Waals surface area contributed by atoms with Gasteiger partial charge in [0.1, 0.15) is 0 Å². The minimum absolute atomic E-state index is 0.650. The van der Waals surface area contributed by atoms with Crippen molar-refractivity contribution in [3.63, 3.8) is 0 Å². The van der Waals surface area contributed by atoms with Crippen LogP contribution in [0, 0.1) is 11.6 Å². The largest absolute Gasteiger partial charge is 0.204 e. The lowest BCUT2D eigenvalue weighted by Gasteiger charge is -1.97. The first-order chi connectivity index (χ1) is 10.7. The zero-order chi connectivity index (χ0) is 15.5. The molecule has 0 bridgehead atoms. The molecule has 3 rings (SSSR count). The molecule has 0 fully saturated rings. The lowest BCUT2D eigenvalue weighted by molar-refractivity contribution is 0.508. The van der Waals surface area contributed by atoms with Gasteiger partial charge in [0.05, 0.1) is 0 Å². The Kier molecular flexibility index (Phi) is 4.34. The van der Waals surface area contributed by atoms with Crippen molar-refractivity contribution in [2.24, 2.45) is 0 Å². The van der Waals surface area contributed by atoms with Crippen LogP contribution in [-0.2, 0) is 6.42 Å². The summed E-state index contributed by atoms with van der Waals surface area (Å²) in [5.74, 6) is -1.64. The Balaban J connectivity index is 1.86. The third-order valence-corrected chi connectivity index (χ3v) is 4.66. The minimum Gasteiger partial charge on any atom is -0.204 e. The average Bonchev–Trinajstić information content (AvgIpc) is 2.90. The lowest BCUT2D eigenvalue weighted by atomic mass is 10.1. The normalized spacial score (nSPS) is 11.6. The maximum Gasteiger partial charge on any atom is 0.159 e. The SMILES string of the molecule is CCCc1cc2ccc(/C=C/c3ccc(F)c(F)c3)cc2s1. The summed E-state index contributed by atoms with van der Waals surface area (Å²) in [6, 6.07) is 12.4. The van der Waals surface area contributed by atoms with Gasteiger partial charge in [-0.3, -0.25) is 0 Å². The molecule has 0 nitrogen and oxygen atoms in total. The van der Waals surface area contributed by atoms with Crippen molar-refractivity contribution in [1.29, 1.82) is 0 Å². The number of rotatable bonds is 4. The molecular weight excluding hydrogens is 298 g/mol. The minimum atomic E-state index is -0.819. The molecule has 22 heavy (non-hydrogen) atoms. The maximum atomic E-state index is 13.2. The topological polar surface area (TPSA) is 0 Å². The van der Waals surface area contributed by atoms with Crippen molar-refractivity contribution in [2.45, 2.75) is 19.8 Å². The van der Waals surface area contributed by atoms with Crippen molar-refractivity contribution in [1.82, 2.24) is 0 Å². The molecule has 1 aromatic heterocycles. The van der Waals surface area contributed by atoms with Gasteiger partial charge in [-0.2, -0.15) is 0 Å². The predicted molar refractivity (Wildman–Crippen MR) is 91.1 cm³/mol. The number of halogens is 2. The molecule has 0 unspecified atom stereocenters. The maximum absolute atomic E-state index is 13.2. The van der Waals surface area contributed by atoms with E-state index in [0.29, 0.717) is 5.56 Å². The van der Waals surface area contributed by atoms with Gasteiger partial charge in [0.25, 0.3) is 0 Å². The fraction of sp³-hybridized carbons (Fsp3) is 0.158. The molecule has 0 saturated heterocycles. The molecule has 0 atom stereocenters. The van der Waals surface area contributed by atoms with E-state index >= 15 is 0 Å². The molecule has 1 heterocycles. The van der Waals surface area contributed by atoms with E-state index in [9.17, 15) is 8.78 Å². The Bertz CT molecular complexity index is 831. The molecule has 0 aliphatic heterocycles. The Labute approximate surface area is 132 Å². The summed E-state index contributed by atoms with van der Waals surface area (Å²) < 4.78 is 27.3. The number of hydrogen-bond donors (Lipinski definition) is 0. The molecular formula is C19H16F2S. The van der Waals surface area contributed by atoms with E-state index < -0.39 is 11.6 Å². The van der Waals surface area contributed by atoms with Crippen LogP contribution in [0.25, 0.3) is 22.2 Å². The standard InChI is InChI=1S/C19H16F2S/c1-2-3-16-12-15-8-6-14(11-19(15)22-16)5-4-13-7-9-17(20)18(21)10-13/h4-12H,2-3H2,1H3/b5-4+. The summed E-state index contributed by atoms with van der Waals surface area (Å²) in [6.45, 7) is 2.18. The highest BCUT2D eigenvalue weighted by atomic mass is 32.1. The van der Waals surface area contributed by atoms with Gasteiger partial charge in [-0.05, 0) is 47.2 Å². The summed E-state index contributed by atoms with van der Waals surface area (Å²) in [7, 11) is 0. The van der Waals surface area contributed by atoms with Crippen LogP contribution in [0.2, 0.25) is 0 Å². The third kappa shape index (κ3) is 3.25. The molecule has 112 valence electrons. The Morgan fingerprint density at radius 1 is 0.909 bits per heavy atom. The van der Waals surface area contributed by atoms with Gasteiger partial charge in [-0.15, -0.1) is 11.3 Å². The van der Waals surface area contributed by atoms with Crippen molar-refractivity contribution in [2.75, 3.05) is 0 Å². The molecule has 0 saturated carbocycles. The monoisotopic (exact) mass is 314 g/mol. The Hall–Kier alpha value is -2.00. The average molecular weight is 314 g/mol. The highest BCUT2D eigenvalue weighted by Crippen LogP contribution is 2.28. The molecule has 2 aromatic carbocycles. The van der Waals surface area contributed by atoms with E-state index in [-0.39, 0.29) is 0 Å². The summed E-state index contributed by atoms with van der Waals surface area (Å²) in [5, 5.41) is 1.26. The van der Waals surface area contributed by atoms with E-state index in [2.05, 4.69) is 25.1 Å². The number of fused-ring (bicyclic) bond motifs is 1. The summed E-state index contributed by atoms with van der Waals surface area (Å²) in [5.41, 5.74) is 1.71. The molecule has 0 spiro atoms. The molecule has 0 radical (unpaired) electrons. The molecule has 3 aromatic rings. The van der Waals surface area contributed by atoms with Gasteiger partial charge in [-0.25, -0.2) is 8.78 Å². The van der Waals surface area contributed by atoms with E-state index in [1.54, 1.807) is 12.1 Å². The zero-order valence-corrected chi connectivity index (χ0v) is 13.1. The number of hydrogen-bond acceptors (Lipinski definition) is 1. The van der Waals surface area contributed by atoms with Crippen molar-refractivity contribution >= 4 is 33.6 Å². The smallest absolute Gasteiger partial charge is 0.159 e. The van der Waals surface area contributed by atoms with Crippen molar-refractivity contribution in [3.05, 3.63) is 70.1 Å². The number of thiophene rings is 1. The van der Waals surface area contributed by atoms with Crippen LogP contribution in [0.5, 0.6) is 0 Å². The van der Waals surface area contributed by atoms with E-state index in [1.807, 2.05) is 23.5 Å². The van der Waals surface area contributed by atoms with Crippen LogP contribution >= 0.6 is 11.3 Å². The van der Waals surface area contributed by atoms with Crippen LogP contribution < -0.4 is 0 Å². The molecule has 0 aliphatic rings. The van der Waals surface area contributed by atoms with Crippen LogP contribution in [0.3, 0.4) is 0 Å². The first-order valence-electron chi connectivity index (χ1n) is 7.31. The van der Waals surface area contributed by atoms with Gasteiger partial charge in [0.15, 0.2) is 11.6 Å². The Morgan fingerprint density at radius 2 is 1.64 bits per heavy atom.